The van der Waals surface area contributed by atoms with Gasteiger partial charge in [-0.3, -0.25) is 5.10 Å². The van der Waals surface area contributed by atoms with Crippen molar-refractivity contribution in [2.24, 2.45) is 0 Å². The van der Waals surface area contributed by atoms with E-state index in [9.17, 15) is 0 Å². The van der Waals surface area contributed by atoms with Crippen LogP contribution in [0.15, 0.2) is 12.3 Å². The molecular weight excluding hydrogens is 218 g/mol. The summed E-state index contributed by atoms with van der Waals surface area (Å²) in [4.78, 5) is 8.63. The summed E-state index contributed by atoms with van der Waals surface area (Å²) in [7, 11) is 1.62. The lowest BCUT2D eigenvalue weighted by atomic mass is 10.3. The summed E-state index contributed by atoms with van der Waals surface area (Å²) in [5.41, 5.74) is 2.77. The number of anilines is 2. The molecule has 6 heteroatoms. The van der Waals surface area contributed by atoms with E-state index >= 15 is 0 Å². The van der Waals surface area contributed by atoms with Crippen molar-refractivity contribution in [2.75, 3.05) is 12.4 Å². The number of aryl methyl sites for hydroxylation is 2. The van der Waals surface area contributed by atoms with E-state index in [0.717, 1.165) is 22.9 Å². The fourth-order valence-corrected chi connectivity index (χ4v) is 1.50. The molecule has 0 bridgehead atoms. The number of aromatic amines is 1. The first-order chi connectivity index (χ1) is 8.19. The van der Waals surface area contributed by atoms with Crippen LogP contribution in [0.4, 0.5) is 11.5 Å². The molecule has 6 nitrogen and oxygen atoms in total. The van der Waals surface area contributed by atoms with E-state index in [0.29, 0.717) is 12.4 Å². The molecule has 0 aliphatic rings. The van der Waals surface area contributed by atoms with Gasteiger partial charge in [-0.15, -0.1) is 0 Å². The summed E-state index contributed by atoms with van der Waals surface area (Å²) < 4.78 is 5.03. The molecular formula is C11H15N5O. The third kappa shape index (κ3) is 2.79. The Morgan fingerprint density at radius 3 is 2.82 bits per heavy atom. The van der Waals surface area contributed by atoms with Gasteiger partial charge in [-0.25, -0.2) is 9.97 Å². The topological polar surface area (TPSA) is 75.7 Å². The van der Waals surface area contributed by atoms with Crippen LogP contribution in [0.3, 0.4) is 0 Å². The van der Waals surface area contributed by atoms with Crippen LogP contribution in [0.1, 0.15) is 17.2 Å². The maximum atomic E-state index is 5.03. The van der Waals surface area contributed by atoms with Gasteiger partial charge in [-0.05, 0) is 13.8 Å². The SMILES string of the molecule is COCc1nc(C)cc(Nc2cn[nH]c2C)n1. The molecule has 0 aromatic carbocycles. The van der Waals surface area contributed by atoms with Crippen LogP contribution in [-0.2, 0) is 11.3 Å². The van der Waals surface area contributed by atoms with E-state index in [1.54, 1.807) is 13.3 Å². The third-order valence-corrected chi connectivity index (χ3v) is 2.27. The van der Waals surface area contributed by atoms with Crippen molar-refractivity contribution in [3.63, 3.8) is 0 Å². The third-order valence-electron chi connectivity index (χ3n) is 2.27. The lowest BCUT2D eigenvalue weighted by Gasteiger charge is -2.07. The van der Waals surface area contributed by atoms with Crippen LogP contribution < -0.4 is 5.32 Å². The molecule has 0 aliphatic carbocycles. The first-order valence-electron chi connectivity index (χ1n) is 5.29. The Labute approximate surface area is 99.4 Å². The normalized spacial score (nSPS) is 10.5. The number of nitrogens with one attached hydrogen (secondary N) is 2. The lowest BCUT2D eigenvalue weighted by molar-refractivity contribution is 0.177. The van der Waals surface area contributed by atoms with Crippen molar-refractivity contribution in [1.29, 1.82) is 0 Å². The monoisotopic (exact) mass is 233 g/mol. The minimum absolute atomic E-state index is 0.404. The number of methoxy groups -OCH3 is 1. The first-order valence-corrected chi connectivity index (χ1v) is 5.29. The van der Waals surface area contributed by atoms with E-state index in [1.165, 1.54) is 0 Å². The molecule has 0 fully saturated rings. The predicted molar refractivity (Wildman–Crippen MR) is 64.1 cm³/mol. The van der Waals surface area contributed by atoms with Gasteiger partial charge in [0.1, 0.15) is 12.4 Å². The molecule has 2 rings (SSSR count). The van der Waals surface area contributed by atoms with E-state index in [4.69, 9.17) is 4.74 Å². The summed E-state index contributed by atoms with van der Waals surface area (Å²) in [6, 6.07) is 1.88. The van der Waals surface area contributed by atoms with Crippen LogP contribution in [0.5, 0.6) is 0 Å². The molecule has 2 aromatic rings. The number of hydrogen-bond acceptors (Lipinski definition) is 5. The van der Waals surface area contributed by atoms with Crippen molar-refractivity contribution in [3.05, 3.63) is 29.5 Å². The molecule has 2 heterocycles. The highest BCUT2D eigenvalue weighted by atomic mass is 16.5. The van der Waals surface area contributed by atoms with Crippen molar-refractivity contribution in [1.82, 2.24) is 20.2 Å². The maximum absolute atomic E-state index is 5.03. The fourth-order valence-electron chi connectivity index (χ4n) is 1.50. The first kappa shape index (κ1) is 11.5. The van der Waals surface area contributed by atoms with Gasteiger partial charge in [0.15, 0.2) is 5.82 Å². The minimum Gasteiger partial charge on any atom is -0.377 e. The second-order valence-corrected chi connectivity index (χ2v) is 3.78. The second-order valence-electron chi connectivity index (χ2n) is 3.78. The van der Waals surface area contributed by atoms with Crippen LogP contribution in [0.2, 0.25) is 0 Å². The van der Waals surface area contributed by atoms with Gasteiger partial charge < -0.3 is 10.1 Å². The van der Waals surface area contributed by atoms with Crippen molar-refractivity contribution < 1.29 is 4.74 Å². The summed E-state index contributed by atoms with van der Waals surface area (Å²) in [5, 5.41) is 10.00. The highest BCUT2D eigenvalue weighted by Gasteiger charge is 2.05. The van der Waals surface area contributed by atoms with Gasteiger partial charge >= 0.3 is 0 Å². The Bertz CT molecular complexity index is 508. The summed E-state index contributed by atoms with van der Waals surface area (Å²) >= 11 is 0. The van der Waals surface area contributed by atoms with E-state index in [1.807, 2.05) is 19.9 Å². The molecule has 0 unspecified atom stereocenters. The van der Waals surface area contributed by atoms with Crippen LogP contribution in [-0.4, -0.2) is 27.3 Å². The number of rotatable bonds is 4. The van der Waals surface area contributed by atoms with Crippen LogP contribution in [0, 0.1) is 13.8 Å². The molecule has 0 saturated carbocycles. The summed E-state index contributed by atoms with van der Waals surface area (Å²) in [6.45, 7) is 4.27. The Morgan fingerprint density at radius 1 is 1.35 bits per heavy atom. The number of aromatic nitrogens is 4. The largest absolute Gasteiger partial charge is 0.377 e. The van der Waals surface area contributed by atoms with Crippen molar-refractivity contribution in [3.8, 4) is 0 Å². The van der Waals surface area contributed by atoms with Crippen molar-refractivity contribution >= 4 is 11.5 Å². The Balaban J connectivity index is 2.23. The molecule has 0 spiro atoms. The Morgan fingerprint density at radius 2 is 2.18 bits per heavy atom. The number of hydrogen-bond donors (Lipinski definition) is 2. The summed E-state index contributed by atoms with van der Waals surface area (Å²) in [5.74, 6) is 1.41. The standard InChI is InChI=1S/C11H15N5O/c1-7-4-10(15-11(13-7)6-17-3)14-9-5-12-16-8(9)2/h4-5H,6H2,1-3H3,(H,12,16)(H,13,14,15). The molecule has 2 N–H and O–H groups in total. The van der Waals surface area contributed by atoms with Gasteiger partial charge in [0.25, 0.3) is 0 Å². The van der Waals surface area contributed by atoms with Gasteiger partial charge in [0, 0.05) is 18.9 Å². The highest BCUT2D eigenvalue weighted by molar-refractivity contribution is 5.57. The lowest BCUT2D eigenvalue weighted by Crippen LogP contribution is -2.03. The van der Waals surface area contributed by atoms with Gasteiger partial charge in [0.2, 0.25) is 0 Å². The van der Waals surface area contributed by atoms with Gasteiger partial charge in [-0.2, -0.15) is 5.10 Å². The summed E-state index contributed by atoms with van der Waals surface area (Å²) in [6.07, 6.45) is 1.72. The second kappa shape index (κ2) is 4.92. The van der Waals surface area contributed by atoms with Crippen LogP contribution in [0.25, 0.3) is 0 Å². The molecule has 17 heavy (non-hydrogen) atoms. The predicted octanol–water partition coefficient (Wildman–Crippen LogP) is 1.71. The Hall–Kier alpha value is -1.95. The maximum Gasteiger partial charge on any atom is 0.156 e. The highest BCUT2D eigenvalue weighted by Crippen LogP contribution is 2.17. The smallest absolute Gasteiger partial charge is 0.156 e. The number of H-pyrrole nitrogens is 1. The molecule has 0 amide bonds. The molecule has 2 aromatic heterocycles. The molecule has 0 saturated heterocycles. The zero-order chi connectivity index (χ0) is 12.3. The van der Waals surface area contributed by atoms with E-state index in [-0.39, 0.29) is 0 Å². The number of nitrogens with zero attached hydrogens (tertiary/aromatic N) is 3. The zero-order valence-corrected chi connectivity index (χ0v) is 10.1. The molecule has 90 valence electrons. The molecule has 0 aliphatic heterocycles. The van der Waals surface area contributed by atoms with E-state index < -0.39 is 0 Å². The quantitative estimate of drug-likeness (QED) is 0.840. The average Bonchev–Trinajstić information content (AvgIpc) is 2.64. The molecule has 0 atom stereocenters. The minimum atomic E-state index is 0.404. The van der Waals surface area contributed by atoms with Crippen molar-refractivity contribution in [2.45, 2.75) is 20.5 Å². The molecule has 0 radical (unpaired) electrons. The average molecular weight is 233 g/mol. The number of ether oxygens (including phenoxy) is 1. The Kier molecular flexibility index (Phi) is 3.34. The fraction of sp³-hybridized carbons (Fsp3) is 0.364. The zero-order valence-electron chi connectivity index (χ0n) is 10.1. The van der Waals surface area contributed by atoms with E-state index in [2.05, 4.69) is 25.5 Å². The van der Waals surface area contributed by atoms with Crippen LogP contribution >= 0.6 is 0 Å². The van der Waals surface area contributed by atoms with Gasteiger partial charge in [0.05, 0.1) is 17.6 Å². The van der Waals surface area contributed by atoms with Gasteiger partial charge in [-0.1, -0.05) is 0 Å².